The number of ether oxygens (including phenoxy) is 1. The molecule has 0 aliphatic heterocycles. The second kappa shape index (κ2) is 6.32. The predicted octanol–water partition coefficient (Wildman–Crippen LogP) is 2.85. The molecule has 0 heterocycles. The van der Waals surface area contributed by atoms with Crippen LogP contribution in [0, 0.1) is 0 Å². The Morgan fingerprint density at radius 3 is 1.33 bits per heavy atom. The van der Waals surface area contributed by atoms with Gasteiger partial charge in [0.25, 0.3) is 0 Å². The normalized spacial score (nSPS) is 9.11. The molecule has 2 aromatic carbocycles. The Hall–Kier alpha value is -2.46. The number of rotatable bonds is 2. The molecule has 0 amide bonds. The molecule has 0 spiro atoms. The van der Waals surface area contributed by atoms with Crippen LogP contribution in [0.25, 0.3) is 0 Å². The van der Waals surface area contributed by atoms with E-state index >= 15 is 0 Å². The Morgan fingerprint density at radius 2 is 1.00 bits per heavy atom. The van der Waals surface area contributed by atoms with Crippen LogP contribution in [0.2, 0.25) is 0 Å². The van der Waals surface area contributed by atoms with Crippen molar-refractivity contribution >= 4 is 11.9 Å². The van der Waals surface area contributed by atoms with E-state index in [2.05, 4.69) is 0 Å². The fourth-order valence-corrected chi connectivity index (χ4v) is 1.35. The molecule has 0 radical (unpaired) electrons. The van der Waals surface area contributed by atoms with Crippen LogP contribution in [0.5, 0.6) is 0 Å². The number of carbonyl (C=O) groups is 2. The Labute approximate surface area is 105 Å². The third-order valence-corrected chi connectivity index (χ3v) is 2.20. The maximum Gasteiger partial charge on any atom is 0.346 e. The summed E-state index contributed by atoms with van der Waals surface area (Å²) in [6.45, 7) is 0. The van der Waals surface area contributed by atoms with Crippen LogP contribution in [0.4, 0.5) is 0 Å². The molecule has 4 nitrogen and oxygen atoms in total. The molecule has 2 rings (SSSR count). The first-order chi connectivity index (χ1) is 8.27. The van der Waals surface area contributed by atoms with Gasteiger partial charge in [-0.1, -0.05) is 36.4 Å². The smallest absolute Gasteiger partial charge is 0.346 e. The molecule has 2 aromatic rings. The van der Waals surface area contributed by atoms with Crippen LogP contribution >= 0.6 is 0 Å². The average Bonchev–Trinajstić information content (AvgIpc) is 2.40. The van der Waals surface area contributed by atoms with E-state index in [1.165, 1.54) is 0 Å². The van der Waals surface area contributed by atoms with Gasteiger partial charge in [-0.3, -0.25) is 0 Å². The summed E-state index contributed by atoms with van der Waals surface area (Å²) in [6.07, 6.45) is 0. The van der Waals surface area contributed by atoms with Crippen molar-refractivity contribution in [3.8, 4) is 0 Å². The first-order valence-electron chi connectivity index (χ1n) is 5.14. The van der Waals surface area contributed by atoms with Crippen molar-refractivity contribution in [2.75, 3.05) is 0 Å². The van der Waals surface area contributed by atoms with Gasteiger partial charge in [0.05, 0.1) is 11.1 Å². The number of benzene rings is 2. The van der Waals surface area contributed by atoms with Gasteiger partial charge < -0.3 is 10.9 Å². The molecule has 0 aliphatic rings. The Balaban J connectivity index is 0.00000162. The quantitative estimate of drug-likeness (QED) is 0.649. The second-order valence-electron chi connectivity index (χ2n) is 3.41. The summed E-state index contributed by atoms with van der Waals surface area (Å²) in [7, 11) is 0. The largest absolute Gasteiger partial charge is 0.386 e. The number of carbonyl (C=O) groups excluding carboxylic acids is 2. The van der Waals surface area contributed by atoms with Gasteiger partial charge in [-0.15, -0.1) is 0 Å². The van der Waals surface area contributed by atoms with E-state index in [0.29, 0.717) is 11.1 Å². The fourth-order valence-electron chi connectivity index (χ4n) is 1.35. The number of hydrogen-bond acceptors (Lipinski definition) is 4. The molecule has 92 valence electrons. The Morgan fingerprint density at radius 1 is 0.667 bits per heavy atom. The molecule has 4 heteroatoms. The zero-order valence-corrected chi connectivity index (χ0v) is 9.71. The highest BCUT2D eigenvalue weighted by Crippen LogP contribution is 2.05. The molecule has 0 unspecified atom stereocenters. The van der Waals surface area contributed by atoms with Crippen LogP contribution < -0.4 is 6.15 Å². The molecule has 0 atom stereocenters. The van der Waals surface area contributed by atoms with E-state index in [-0.39, 0.29) is 6.15 Å². The highest BCUT2D eigenvalue weighted by molar-refractivity contribution is 6.02. The molecule has 0 aliphatic carbocycles. The lowest BCUT2D eigenvalue weighted by Crippen LogP contribution is -2.12. The summed E-state index contributed by atoms with van der Waals surface area (Å²) < 4.78 is 4.74. The number of esters is 2. The maximum atomic E-state index is 11.6. The highest BCUT2D eigenvalue weighted by Gasteiger charge is 2.13. The molecule has 3 N–H and O–H groups in total. The van der Waals surface area contributed by atoms with Gasteiger partial charge in [-0.25, -0.2) is 9.59 Å². The monoisotopic (exact) mass is 243 g/mol. The van der Waals surface area contributed by atoms with Crippen LogP contribution in [-0.4, -0.2) is 11.9 Å². The molecule has 0 saturated heterocycles. The minimum absolute atomic E-state index is 0. The van der Waals surface area contributed by atoms with Crippen molar-refractivity contribution in [3.05, 3.63) is 71.8 Å². The van der Waals surface area contributed by atoms with Crippen molar-refractivity contribution in [3.63, 3.8) is 0 Å². The minimum atomic E-state index is -0.639. The van der Waals surface area contributed by atoms with E-state index in [4.69, 9.17) is 4.74 Å². The van der Waals surface area contributed by atoms with Crippen LogP contribution in [0.3, 0.4) is 0 Å². The van der Waals surface area contributed by atoms with Gasteiger partial charge in [0.2, 0.25) is 0 Å². The summed E-state index contributed by atoms with van der Waals surface area (Å²) in [4.78, 5) is 23.2. The van der Waals surface area contributed by atoms with Crippen molar-refractivity contribution in [1.82, 2.24) is 6.15 Å². The molecular formula is C14H13NO3. The molecule has 0 fully saturated rings. The Kier molecular flexibility index (Phi) is 4.78. The van der Waals surface area contributed by atoms with E-state index in [1.807, 2.05) is 0 Å². The van der Waals surface area contributed by atoms with Gasteiger partial charge in [0, 0.05) is 0 Å². The van der Waals surface area contributed by atoms with Crippen LogP contribution in [0.15, 0.2) is 60.7 Å². The number of hydrogen-bond donors (Lipinski definition) is 1. The highest BCUT2D eigenvalue weighted by atomic mass is 16.6. The fraction of sp³-hybridized carbons (Fsp3) is 0. The zero-order valence-electron chi connectivity index (χ0n) is 9.71. The predicted molar refractivity (Wildman–Crippen MR) is 67.7 cm³/mol. The second-order valence-corrected chi connectivity index (χ2v) is 3.41. The standard InChI is InChI=1S/C14H10O3.H3N/c15-13(11-7-3-1-4-8-11)17-14(16)12-9-5-2-6-10-12;/h1-10H;1H3. The van der Waals surface area contributed by atoms with E-state index < -0.39 is 11.9 Å². The van der Waals surface area contributed by atoms with Gasteiger partial charge in [-0.2, -0.15) is 0 Å². The van der Waals surface area contributed by atoms with Crippen molar-refractivity contribution < 1.29 is 14.3 Å². The average molecular weight is 243 g/mol. The van der Waals surface area contributed by atoms with Crippen LogP contribution in [0.1, 0.15) is 20.7 Å². The minimum Gasteiger partial charge on any atom is -0.386 e. The molecular weight excluding hydrogens is 230 g/mol. The van der Waals surface area contributed by atoms with Crippen molar-refractivity contribution in [2.45, 2.75) is 0 Å². The summed E-state index contributed by atoms with van der Waals surface area (Å²) in [5.41, 5.74) is 0.716. The van der Waals surface area contributed by atoms with E-state index in [9.17, 15) is 9.59 Å². The van der Waals surface area contributed by atoms with Crippen molar-refractivity contribution in [2.24, 2.45) is 0 Å². The van der Waals surface area contributed by atoms with Gasteiger partial charge in [0.1, 0.15) is 0 Å². The summed E-state index contributed by atoms with van der Waals surface area (Å²) in [6, 6.07) is 16.8. The topological polar surface area (TPSA) is 78.4 Å². The summed E-state index contributed by atoms with van der Waals surface area (Å²) >= 11 is 0. The first kappa shape index (κ1) is 13.6. The summed E-state index contributed by atoms with van der Waals surface area (Å²) in [5, 5.41) is 0. The lowest BCUT2D eigenvalue weighted by Gasteiger charge is -2.02. The van der Waals surface area contributed by atoms with Gasteiger partial charge >= 0.3 is 11.9 Å². The summed E-state index contributed by atoms with van der Waals surface area (Å²) in [5.74, 6) is -1.28. The first-order valence-corrected chi connectivity index (χ1v) is 5.14. The SMILES string of the molecule is N.O=C(OC(=O)c1ccccc1)c1ccccc1. The Bertz CT molecular complexity index is 474. The molecule has 0 aromatic heterocycles. The lowest BCUT2D eigenvalue weighted by molar-refractivity contribution is 0.0398. The maximum absolute atomic E-state index is 11.6. The molecule has 0 saturated carbocycles. The van der Waals surface area contributed by atoms with Crippen LogP contribution in [-0.2, 0) is 4.74 Å². The molecule has 0 bridgehead atoms. The third-order valence-electron chi connectivity index (χ3n) is 2.20. The van der Waals surface area contributed by atoms with Gasteiger partial charge in [0.15, 0.2) is 0 Å². The van der Waals surface area contributed by atoms with Gasteiger partial charge in [-0.05, 0) is 24.3 Å². The zero-order chi connectivity index (χ0) is 12.1. The van der Waals surface area contributed by atoms with Crippen molar-refractivity contribution in [1.29, 1.82) is 0 Å². The molecule has 18 heavy (non-hydrogen) atoms. The van der Waals surface area contributed by atoms with E-state index in [1.54, 1.807) is 60.7 Å². The lowest BCUT2D eigenvalue weighted by atomic mass is 10.2. The third kappa shape index (κ3) is 3.26. The van der Waals surface area contributed by atoms with E-state index in [0.717, 1.165) is 0 Å².